The Bertz CT molecular complexity index is 3240. The van der Waals surface area contributed by atoms with Crippen molar-refractivity contribution in [3.63, 3.8) is 0 Å². The van der Waals surface area contributed by atoms with Crippen LogP contribution in [0.15, 0.2) is 84.9 Å². The number of carbonyl (C=O) groups is 4. The van der Waals surface area contributed by atoms with Crippen LogP contribution >= 0.6 is 12.4 Å². The monoisotopic (exact) mass is 1230 g/mol. The smallest absolute Gasteiger partial charge is 0.339 e. The van der Waals surface area contributed by atoms with Gasteiger partial charge in [-0.3, -0.25) is 10.6 Å². The number of anilines is 4. The minimum Gasteiger partial charge on any atom is -0.496 e. The molecule has 0 saturated heterocycles. The molecule has 4 aromatic carbocycles. The third kappa shape index (κ3) is 20.7. The highest BCUT2D eigenvalue weighted by molar-refractivity contribution is 6.77. The summed E-state index contributed by atoms with van der Waals surface area (Å²) in [7, 11) is 4.00. The van der Waals surface area contributed by atoms with Crippen LogP contribution < -0.4 is 47.4 Å². The molecule has 2 heterocycles. The van der Waals surface area contributed by atoms with Gasteiger partial charge in [-0.15, -0.1) is 12.4 Å². The largest absolute Gasteiger partial charge is 0.496 e. The number of ketones is 1. The summed E-state index contributed by atoms with van der Waals surface area (Å²) in [6, 6.07) is 25.4. The highest BCUT2D eigenvalue weighted by atomic mass is 35.5. The van der Waals surface area contributed by atoms with Gasteiger partial charge in [-0.25, -0.2) is 23.7 Å². The number of nitriles is 1. The molecule has 0 unspecified atom stereocenters. The summed E-state index contributed by atoms with van der Waals surface area (Å²) in [5.41, 5.74) is 27.0. The van der Waals surface area contributed by atoms with Crippen molar-refractivity contribution >= 4 is 67.4 Å². The van der Waals surface area contributed by atoms with Crippen molar-refractivity contribution in [2.45, 2.75) is 144 Å². The number of aromatic carboxylic acids is 3. The molecule has 6 aromatic rings. The Kier molecular flexibility index (Phi) is 28.9. The number of nitrogen functional groups attached to an aromatic ring is 4. The molecule has 0 saturated carbocycles. The lowest BCUT2D eigenvalue weighted by Gasteiger charge is -2.42. The zero-order chi connectivity index (χ0) is 65.1. The van der Waals surface area contributed by atoms with E-state index in [-0.39, 0.29) is 74.8 Å². The van der Waals surface area contributed by atoms with Crippen molar-refractivity contribution < 1.29 is 57.9 Å². The fourth-order valence-corrected chi connectivity index (χ4v) is 14.2. The van der Waals surface area contributed by atoms with Gasteiger partial charge in [0.05, 0.1) is 76.0 Å². The summed E-state index contributed by atoms with van der Waals surface area (Å²) in [6.07, 6.45) is 0.0312. The van der Waals surface area contributed by atoms with E-state index >= 15 is 0 Å². The molecule has 0 bridgehead atoms. The van der Waals surface area contributed by atoms with Crippen molar-refractivity contribution in [3.8, 4) is 40.4 Å². The predicted molar refractivity (Wildman–Crippen MR) is 343 cm³/mol. The first-order chi connectivity index (χ1) is 39.4. The first-order valence-corrected chi connectivity index (χ1v) is 29.4. The summed E-state index contributed by atoms with van der Waals surface area (Å²) in [5.74, 6) is 4.81. The third-order valence-electron chi connectivity index (χ3n) is 13.5. The fourth-order valence-electron chi connectivity index (χ4n) is 8.79. The standard InChI is InChI=1S/C24H41N3O2Si.C15H19N3O3.C8H10N2O3.C8H9NO3.C7H11NO.ClH/c1-16(2)30(17(3)4,18(5)6)29-15-19-11-12-20(13-21(19)28-10)27-23(25)14-22(26-27)24(7,8)9;1-15(2,3)12-8-13(16)18(17-12)9-5-6-10(14(19)20)11(7-9)21-4;1-13-7-4-5(10-9)2-3-6(7)8(11)12;1-12-7-4-5(9)2-3-6(7)8(10)11;1-7(2,3)6(9)4-5-8;/h11-14,16-18H,15,25H2,1-10H3;5-8H,16H2,1-4H3,(H,19,20);2-4,10H,9H2,1H3,(H,11,12);2-4H,9H2,1H3,(H,10,11);4H2,1-3H3;1H. The first-order valence-electron chi connectivity index (χ1n) is 27.3. The number of hydrogen-bond acceptors (Lipinski definition) is 17. The Morgan fingerprint density at radius 1 is 0.581 bits per heavy atom. The summed E-state index contributed by atoms with van der Waals surface area (Å²) in [4.78, 5) is 43.2. The average Bonchev–Trinajstić information content (AvgIpc) is 2.10. The highest BCUT2D eigenvalue weighted by Crippen LogP contribution is 2.43. The van der Waals surface area contributed by atoms with E-state index in [4.69, 9.17) is 72.1 Å². The maximum absolute atomic E-state index is 11.1. The summed E-state index contributed by atoms with van der Waals surface area (Å²) < 4.78 is 30.7. The molecule has 0 aliphatic rings. The molecule has 2 aromatic heterocycles. The SMILES string of the molecule is CC(C)(C)C(=O)CC#N.COc1cc(-n2nc(C(C)(C)C)cc2N)ccc1C(=O)O.COc1cc(-n2nc(C(C)(C)C)cc2N)ccc1CO[Si](C(C)C)(C(C)C)C(C)C.COc1cc(N)ccc1C(=O)O.COc1cc(NN)ccc1C(=O)O.Cl. The van der Waals surface area contributed by atoms with E-state index < -0.39 is 26.2 Å². The lowest BCUT2D eigenvalue weighted by Crippen LogP contribution is -2.47. The van der Waals surface area contributed by atoms with Gasteiger partial charge in [0.1, 0.15) is 51.3 Å². The van der Waals surface area contributed by atoms with Gasteiger partial charge in [0, 0.05) is 63.9 Å². The van der Waals surface area contributed by atoms with Crippen LogP contribution in [0.3, 0.4) is 0 Å². The van der Waals surface area contributed by atoms with Gasteiger partial charge < -0.3 is 61.3 Å². The van der Waals surface area contributed by atoms with Gasteiger partial charge >= 0.3 is 17.9 Å². The van der Waals surface area contributed by atoms with Crippen molar-refractivity contribution in [3.05, 3.63) is 119 Å². The van der Waals surface area contributed by atoms with Crippen LogP contribution in [0.5, 0.6) is 23.0 Å². The number of halogens is 1. The average molecular weight is 1230 g/mol. The number of methoxy groups -OCH3 is 4. The van der Waals surface area contributed by atoms with Crippen molar-refractivity contribution in [1.82, 2.24) is 19.6 Å². The van der Waals surface area contributed by atoms with E-state index in [1.54, 1.807) is 34.7 Å². The zero-order valence-corrected chi connectivity index (χ0v) is 55.0. The first kappa shape index (κ1) is 75.7. The van der Waals surface area contributed by atoms with E-state index in [1.165, 1.54) is 57.7 Å². The van der Waals surface area contributed by atoms with Gasteiger partial charge in [-0.05, 0) is 59.1 Å². The zero-order valence-electron chi connectivity index (χ0n) is 53.2. The summed E-state index contributed by atoms with van der Waals surface area (Å²) in [5, 5.41) is 43.8. The molecular formula is C62H91ClN10O12Si. The third-order valence-corrected chi connectivity index (χ3v) is 19.6. The highest BCUT2D eigenvalue weighted by Gasteiger charge is 2.45. The van der Waals surface area contributed by atoms with E-state index in [2.05, 4.69) is 78.9 Å². The number of hydrazine groups is 1. The Balaban J connectivity index is 0.000000575. The molecule has 0 radical (unpaired) electrons. The fraction of sp³-hybridized carbons (Fsp3) is 0.435. The second kappa shape index (κ2) is 32.8. The normalized spacial score (nSPS) is 11.1. The Labute approximate surface area is 513 Å². The lowest BCUT2D eigenvalue weighted by molar-refractivity contribution is -0.125. The van der Waals surface area contributed by atoms with Gasteiger partial charge in [0.2, 0.25) is 8.32 Å². The van der Waals surface area contributed by atoms with Gasteiger partial charge in [0.25, 0.3) is 0 Å². The van der Waals surface area contributed by atoms with Gasteiger partial charge in [-0.1, -0.05) is 110 Å². The van der Waals surface area contributed by atoms with Crippen molar-refractivity contribution in [1.29, 1.82) is 5.26 Å². The van der Waals surface area contributed by atoms with Crippen LogP contribution in [0, 0.1) is 16.7 Å². The number of carboxylic acid groups (broad SMARTS) is 3. The van der Waals surface area contributed by atoms with Crippen LogP contribution in [0.4, 0.5) is 23.0 Å². The van der Waals surface area contributed by atoms with E-state index in [0.29, 0.717) is 51.9 Å². The Morgan fingerprint density at radius 2 is 0.953 bits per heavy atom. The van der Waals surface area contributed by atoms with E-state index in [0.717, 1.165) is 28.4 Å². The second-order valence-electron chi connectivity index (χ2n) is 23.7. The number of rotatable bonds is 17. The number of nitrogens with zero attached hydrogens (tertiary/aromatic N) is 5. The topological polar surface area (TPSA) is 351 Å². The molecule has 0 aliphatic heterocycles. The minimum absolute atomic E-state index is 0. The molecular weight excluding hydrogens is 1140 g/mol. The number of Topliss-reactive ketones (excluding diaryl/α,β-unsaturated/α-hetero) is 1. The van der Waals surface area contributed by atoms with Crippen LogP contribution in [-0.4, -0.2) is 95.3 Å². The molecule has 0 atom stereocenters. The molecule has 0 fully saturated rings. The maximum atomic E-state index is 11.1. The number of nitrogens with one attached hydrogen (secondary N) is 1. The Hall–Kier alpha value is -8.30. The van der Waals surface area contributed by atoms with E-state index in [1.807, 2.05) is 71.9 Å². The van der Waals surface area contributed by atoms with Gasteiger partial charge in [0.15, 0.2) is 5.78 Å². The number of hydrogen-bond donors (Lipinski definition) is 8. The number of ether oxygens (including phenoxy) is 4. The molecule has 6 rings (SSSR count). The number of aromatic nitrogens is 4. The van der Waals surface area contributed by atoms with Gasteiger partial charge in [-0.2, -0.15) is 15.5 Å². The number of carbonyl (C=O) groups excluding carboxylic acids is 1. The van der Waals surface area contributed by atoms with Crippen LogP contribution in [0.25, 0.3) is 11.4 Å². The lowest BCUT2D eigenvalue weighted by atomic mass is 9.89. The molecule has 24 heteroatoms. The number of benzene rings is 4. The molecule has 86 heavy (non-hydrogen) atoms. The molecule has 0 aliphatic carbocycles. The number of nitrogens with two attached hydrogens (primary N) is 4. The quantitative estimate of drug-likeness (QED) is 0.0182. The molecule has 0 spiro atoms. The summed E-state index contributed by atoms with van der Waals surface area (Å²) >= 11 is 0. The van der Waals surface area contributed by atoms with Crippen LogP contribution in [0.1, 0.15) is 158 Å². The minimum atomic E-state index is -1.94. The number of carboxylic acids is 3. The maximum Gasteiger partial charge on any atom is 0.339 e. The summed E-state index contributed by atoms with van der Waals surface area (Å²) in [6.45, 7) is 32.4. The van der Waals surface area contributed by atoms with E-state index in [9.17, 15) is 19.2 Å². The van der Waals surface area contributed by atoms with Crippen molar-refractivity contribution in [2.75, 3.05) is 51.1 Å². The predicted octanol–water partition coefficient (Wildman–Crippen LogP) is 12.5. The van der Waals surface area contributed by atoms with Crippen LogP contribution in [-0.2, 0) is 26.7 Å². The molecule has 472 valence electrons. The molecule has 0 amide bonds. The van der Waals surface area contributed by atoms with Crippen molar-refractivity contribution in [2.24, 2.45) is 11.3 Å². The molecule has 22 nitrogen and oxygen atoms in total. The Morgan fingerprint density at radius 3 is 1.29 bits per heavy atom. The van der Waals surface area contributed by atoms with Crippen LogP contribution in [0.2, 0.25) is 16.6 Å². The second-order valence-corrected chi connectivity index (χ2v) is 29.1. The molecule has 12 N–H and O–H groups in total.